The van der Waals surface area contributed by atoms with E-state index in [2.05, 4.69) is 0 Å². The molecule has 0 aliphatic heterocycles. The first-order chi connectivity index (χ1) is 9.54. The first-order valence-corrected chi connectivity index (χ1v) is 8.43. The maximum absolute atomic E-state index is 11.6. The standard InChI is InChI=1S/C14H15ClO4S/c1-18-9-4-10-19-13-7-8-14(20(15,16)17)12-6-3-2-5-11(12)13/h2-3,5-8H,4,9-10H2,1H3. The van der Waals surface area contributed by atoms with Crippen molar-refractivity contribution in [2.75, 3.05) is 20.3 Å². The lowest BCUT2D eigenvalue weighted by Crippen LogP contribution is -2.02. The number of methoxy groups -OCH3 is 1. The Hall–Kier alpha value is -1.30. The largest absolute Gasteiger partial charge is 0.493 e. The second kappa shape index (κ2) is 6.43. The summed E-state index contributed by atoms with van der Waals surface area (Å²) >= 11 is 0. The van der Waals surface area contributed by atoms with Crippen molar-refractivity contribution in [1.82, 2.24) is 0 Å². The van der Waals surface area contributed by atoms with Crippen LogP contribution in [0.1, 0.15) is 6.42 Å². The van der Waals surface area contributed by atoms with Crippen LogP contribution in [0.5, 0.6) is 5.75 Å². The summed E-state index contributed by atoms with van der Waals surface area (Å²) in [6, 6.07) is 10.2. The van der Waals surface area contributed by atoms with E-state index in [1.807, 2.05) is 12.1 Å². The molecule has 0 saturated carbocycles. The van der Waals surface area contributed by atoms with Gasteiger partial charge in [0.15, 0.2) is 0 Å². The highest BCUT2D eigenvalue weighted by Gasteiger charge is 2.16. The number of rotatable bonds is 6. The molecule has 6 heteroatoms. The zero-order valence-corrected chi connectivity index (χ0v) is 12.6. The predicted molar refractivity (Wildman–Crippen MR) is 79.0 cm³/mol. The minimum absolute atomic E-state index is 0.0963. The third-order valence-corrected chi connectivity index (χ3v) is 4.24. The van der Waals surface area contributed by atoms with Gasteiger partial charge in [0.2, 0.25) is 0 Å². The summed E-state index contributed by atoms with van der Waals surface area (Å²) < 4.78 is 33.8. The Morgan fingerprint density at radius 2 is 1.75 bits per heavy atom. The van der Waals surface area contributed by atoms with Crippen molar-refractivity contribution in [3.63, 3.8) is 0 Å². The van der Waals surface area contributed by atoms with Crippen LogP contribution in [0.25, 0.3) is 10.8 Å². The van der Waals surface area contributed by atoms with Gasteiger partial charge in [-0.2, -0.15) is 0 Å². The molecule has 108 valence electrons. The summed E-state index contributed by atoms with van der Waals surface area (Å²) in [5.41, 5.74) is 0. The summed E-state index contributed by atoms with van der Waals surface area (Å²) in [5, 5.41) is 1.29. The van der Waals surface area contributed by atoms with Crippen molar-refractivity contribution in [3.05, 3.63) is 36.4 Å². The van der Waals surface area contributed by atoms with Crippen molar-refractivity contribution in [2.45, 2.75) is 11.3 Å². The van der Waals surface area contributed by atoms with E-state index in [1.165, 1.54) is 6.07 Å². The monoisotopic (exact) mass is 314 g/mol. The highest BCUT2D eigenvalue weighted by Crippen LogP contribution is 2.32. The van der Waals surface area contributed by atoms with E-state index in [0.29, 0.717) is 24.3 Å². The molecule has 20 heavy (non-hydrogen) atoms. The fourth-order valence-electron chi connectivity index (χ4n) is 1.97. The molecule has 0 aliphatic carbocycles. The Morgan fingerprint density at radius 3 is 2.40 bits per heavy atom. The lowest BCUT2D eigenvalue weighted by Gasteiger charge is -2.11. The summed E-state index contributed by atoms with van der Waals surface area (Å²) in [4.78, 5) is 0.0963. The van der Waals surface area contributed by atoms with Crippen molar-refractivity contribution in [3.8, 4) is 5.75 Å². The van der Waals surface area contributed by atoms with Crippen LogP contribution in [-0.4, -0.2) is 28.7 Å². The molecule has 0 bridgehead atoms. The van der Waals surface area contributed by atoms with E-state index in [-0.39, 0.29) is 4.90 Å². The lowest BCUT2D eigenvalue weighted by molar-refractivity contribution is 0.172. The van der Waals surface area contributed by atoms with Gasteiger partial charge in [0.25, 0.3) is 9.05 Å². The van der Waals surface area contributed by atoms with Crippen LogP contribution >= 0.6 is 10.7 Å². The summed E-state index contributed by atoms with van der Waals surface area (Å²) in [6.45, 7) is 1.12. The minimum atomic E-state index is -3.78. The normalized spacial score (nSPS) is 11.7. The first kappa shape index (κ1) is 15.1. The quantitative estimate of drug-likeness (QED) is 0.607. The SMILES string of the molecule is COCCCOc1ccc(S(=O)(=O)Cl)c2ccccc12. The smallest absolute Gasteiger partial charge is 0.261 e. The number of benzene rings is 2. The van der Waals surface area contributed by atoms with Gasteiger partial charge in [0.05, 0.1) is 11.5 Å². The molecule has 0 aliphatic rings. The predicted octanol–water partition coefficient (Wildman–Crippen LogP) is 3.18. The molecule has 0 atom stereocenters. The average Bonchev–Trinajstić information content (AvgIpc) is 2.42. The van der Waals surface area contributed by atoms with Crippen LogP contribution in [0.15, 0.2) is 41.3 Å². The van der Waals surface area contributed by atoms with Gasteiger partial charge in [-0.3, -0.25) is 0 Å². The van der Waals surface area contributed by atoms with Crippen molar-refractivity contribution in [1.29, 1.82) is 0 Å². The van der Waals surface area contributed by atoms with Crippen LogP contribution < -0.4 is 4.74 Å². The van der Waals surface area contributed by atoms with Crippen LogP contribution in [0.3, 0.4) is 0 Å². The molecule has 2 aromatic carbocycles. The molecule has 0 unspecified atom stereocenters. The first-order valence-electron chi connectivity index (χ1n) is 6.12. The maximum Gasteiger partial charge on any atom is 0.261 e. The number of halogens is 1. The molecular formula is C14H15ClO4S. The summed E-state index contributed by atoms with van der Waals surface area (Å²) in [6.07, 6.45) is 0.764. The average molecular weight is 315 g/mol. The molecule has 0 spiro atoms. The van der Waals surface area contributed by atoms with Gasteiger partial charge in [-0.25, -0.2) is 8.42 Å². The molecule has 0 radical (unpaired) electrons. The van der Waals surface area contributed by atoms with Crippen molar-refractivity contribution >= 4 is 30.5 Å². The fourth-order valence-corrected chi connectivity index (χ4v) is 3.04. The van der Waals surface area contributed by atoms with Crippen molar-refractivity contribution < 1.29 is 17.9 Å². The molecule has 0 saturated heterocycles. The zero-order chi connectivity index (χ0) is 14.6. The fraction of sp³-hybridized carbons (Fsp3) is 0.286. The number of fused-ring (bicyclic) bond motifs is 1. The molecular weight excluding hydrogens is 300 g/mol. The minimum Gasteiger partial charge on any atom is -0.493 e. The van der Waals surface area contributed by atoms with Crippen molar-refractivity contribution in [2.24, 2.45) is 0 Å². The summed E-state index contributed by atoms with van der Waals surface area (Å²) in [5.74, 6) is 0.640. The Bertz CT molecular complexity index is 697. The maximum atomic E-state index is 11.6. The molecule has 4 nitrogen and oxygen atoms in total. The highest BCUT2D eigenvalue weighted by atomic mass is 35.7. The molecule has 0 fully saturated rings. The highest BCUT2D eigenvalue weighted by molar-refractivity contribution is 8.14. The second-order valence-corrected chi connectivity index (χ2v) is 6.77. The zero-order valence-electron chi connectivity index (χ0n) is 11.0. The number of hydrogen-bond acceptors (Lipinski definition) is 4. The Morgan fingerprint density at radius 1 is 1.05 bits per heavy atom. The van der Waals surface area contributed by atoms with Gasteiger partial charge in [-0.05, 0) is 12.1 Å². The van der Waals surface area contributed by atoms with Gasteiger partial charge >= 0.3 is 0 Å². The van der Waals surface area contributed by atoms with E-state index in [1.54, 1.807) is 25.3 Å². The lowest BCUT2D eigenvalue weighted by atomic mass is 10.1. The molecule has 0 N–H and O–H groups in total. The van der Waals surface area contributed by atoms with E-state index >= 15 is 0 Å². The van der Waals surface area contributed by atoms with Gasteiger partial charge in [-0.15, -0.1) is 0 Å². The molecule has 2 aromatic rings. The van der Waals surface area contributed by atoms with Crippen LogP contribution in [0.4, 0.5) is 0 Å². The number of ether oxygens (including phenoxy) is 2. The molecule has 0 heterocycles. The van der Waals surface area contributed by atoms with Gasteiger partial charge in [0, 0.05) is 41.6 Å². The Labute approximate surface area is 122 Å². The Balaban J connectivity index is 2.39. The van der Waals surface area contributed by atoms with Crippen LogP contribution in [-0.2, 0) is 13.8 Å². The topological polar surface area (TPSA) is 52.6 Å². The Kier molecular flexibility index (Phi) is 4.86. The summed E-state index contributed by atoms with van der Waals surface area (Å²) in [7, 11) is 3.31. The van der Waals surface area contributed by atoms with E-state index < -0.39 is 9.05 Å². The molecule has 0 aromatic heterocycles. The van der Waals surface area contributed by atoms with Gasteiger partial charge < -0.3 is 9.47 Å². The van der Waals surface area contributed by atoms with Crippen LogP contribution in [0.2, 0.25) is 0 Å². The molecule has 2 rings (SSSR count). The number of hydrogen-bond donors (Lipinski definition) is 0. The van der Waals surface area contributed by atoms with Gasteiger partial charge in [0.1, 0.15) is 5.75 Å². The van der Waals surface area contributed by atoms with Gasteiger partial charge in [-0.1, -0.05) is 24.3 Å². The van der Waals surface area contributed by atoms with E-state index in [9.17, 15) is 8.42 Å². The molecule has 0 amide bonds. The van der Waals surface area contributed by atoms with Crippen LogP contribution in [0, 0.1) is 0 Å². The van der Waals surface area contributed by atoms with E-state index in [0.717, 1.165) is 11.8 Å². The third kappa shape index (κ3) is 3.42. The van der Waals surface area contributed by atoms with E-state index in [4.69, 9.17) is 20.2 Å². The third-order valence-electron chi connectivity index (χ3n) is 2.86. The second-order valence-electron chi connectivity index (χ2n) is 4.24.